The number of H-pyrrole nitrogens is 1. The molecule has 1 unspecified atom stereocenters. The van der Waals surface area contributed by atoms with E-state index in [1.165, 1.54) is 13.5 Å². The monoisotopic (exact) mass is 209 g/mol. The number of carbonyl (C=O) groups is 1. The van der Waals surface area contributed by atoms with E-state index in [4.69, 9.17) is 5.73 Å². The summed E-state index contributed by atoms with van der Waals surface area (Å²) in [6.45, 7) is 0. The van der Waals surface area contributed by atoms with Crippen LogP contribution in [0.15, 0.2) is 0 Å². The van der Waals surface area contributed by atoms with E-state index in [1.54, 1.807) is 0 Å². The van der Waals surface area contributed by atoms with Gasteiger partial charge in [0.05, 0.1) is 12.8 Å². The molecule has 5 nitrogen and oxygen atoms in total. The first-order valence-electron chi connectivity index (χ1n) is 5.13. The van der Waals surface area contributed by atoms with Crippen LogP contribution in [0.2, 0.25) is 0 Å². The molecule has 5 heteroatoms. The molecule has 82 valence electrons. The Morgan fingerprint density at radius 2 is 2.27 bits per heavy atom. The van der Waals surface area contributed by atoms with Gasteiger partial charge in [-0.25, -0.2) is 9.78 Å². The van der Waals surface area contributed by atoms with Gasteiger partial charge in [-0.1, -0.05) is 0 Å². The minimum Gasteiger partial charge on any atom is -0.468 e. The average Bonchev–Trinajstić information content (AvgIpc) is 2.70. The Labute approximate surface area is 88.0 Å². The normalized spacial score (nSPS) is 16.9. The van der Waals surface area contributed by atoms with Gasteiger partial charge in [-0.2, -0.15) is 0 Å². The van der Waals surface area contributed by atoms with Gasteiger partial charge in [0.25, 0.3) is 0 Å². The van der Waals surface area contributed by atoms with Gasteiger partial charge in [-0.3, -0.25) is 0 Å². The molecule has 0 saturated carbocycles. The number of ether oxygens (including phenoxy) is 1. The molecule has 1 heterocycles. The third kappa shape index (κ3) is 1.87. The highest BCUT2D eigenvalue weighted by Gasteiger charge is 2.22. The second-order valence-corrected chi connectivity index (χ2v) is 3.76. The molecule has 15 heavy (non-hydrogen) atoms. The number of imidazole rings is 1. The summed E-state index contributed by atoms with van der Waals surface area (Å²) in [4.78, 5) is 18.7. The van der Waals surface area contributed by atoms with Crippen LogP contribution in [-0.4, -0.2) is 23.0 Å². The van der Waals surface area contributed by atoms with Crippen molar-refractivity contribution in [3.05, 3.63) is 17.2 Å². The summed E-state index contributed by atoms with van der Waals surface area (Å²) in [6, 6.07) is -0.791. The van der Waals surface area contributed by atoms with E-state index in [2.05, 4.69) is 14.7 Å². The summed E-state index contributed by atoms with van der Waals surface area (Å²) in [5, 5.41) is 0. The summed E-state index contributed by atoms with van der Waals surface area (Å²) in [5.41, 5.74) is 7.87. The van der Waals surface area contributed by atoms with Crippen molar-refractivity contribution in [1.29, 1.82) is 0 Å². The average molecular weight is 209 g/mol. The number of esters is 1. The van der Waals surface area contributed by atoms with Crippen LogP contribution in [0.5, 0.6) is 0 Å². The maximum absolute atomic E-state index is 11.2. The molecule has 0 spiro atoms. The van der Waals surface area contributed by atoms with Gasteiger partial charge in [0.2, 0.25) is 0 Å². The van der Waals surface area contributed by atoms with E-state index >= 15 is 0 Å². The van der Waals surface area contributed by atoms with Gasteiger partial charge >= 0.3 is 5.97 Å². The van der Waals surface area contributed by atoms with Crippen LogP contribution in [0.3, 0.4) is 0 Å². The molecule has 1 aromatic rings. The lowest BCUT2D eigenvalue weighted by Gasteiger charge is -2.07. The fourth-order valence-corrected chi connectivity index (χ4v) is 1.86. The first kappa shape index (κ1) is 10.2. The summed E-state index contributed by atoms with van der Waals surface area (Å²) < 4.78 is 4.57. The molecule has 0 aromatic carbocycles. The van der Waals surface area contributed by atoms with Crippen LogP contribution < -0.4 is 5.73 Å². The summed E-state index contributed by atoms with van der Waals surface area (Å²) in [5.74, 6) is 0.0647. The Morgan fingerprint density at radius 3 is 2.93 bits per heavy atom. The van der Waals surface area contributed by atoms with E-state index in [1.807, 2.05) is 0 Å². The fourth-order valence-electron chi connectivity index (χ4n) is 1.86. The SMILES string of the molecule is COC(=O)C(N)c1nc2c([nH]1)CCCC2. The summed E-state index contributed by atoms with van der Waals surface area (Å²) >= 11 is 0. The van der Waals surface area contributed by atoms with E-state index < -0.39 is 12.0 Å². The van der Waals surface area contributed by atoms with Crippen molar-refractivity contribution < 1.29 is 9.53 Å². The number of aryl methyl sites for hydroxylation is 2. The largest absolute Gasteiger partial charge is 0.468 e. The minimum atomic E-state index is -0.791. The predicted octanol–water partition coefficient (Wildman–Crippen LogP) is 0.461. The zero-order chi connectivity index (χ0) is 10.8. The fraction of sp³-hybridized carbons (Fsp3) is 0.600. The topological polar surface area (TPSA) is 81.0 Å². The van der Waals surface area contributed by atoms with Gasteiger partial charge in [-0.05, 0) is 25.7 Å². The Bertz CT molecular complexity index is 349. The van der Waals surface area contributed by atoms with Crippen molar-refractivity contribution in [2.45, 2.75) is 31.7 Å². The highest BCUT2D eigenvalue weighted by atomic mass is 16.5. The summed E-state index contributed by atoms with van der Waals surface area (Å²) in [7, 11) is 1.32. The van der Waals surface area contributed by atoms with E-state index in [9.17, 15) is 4.79 Å². The Balaban J connectivity index is 2.22. The van der Waals surface area contributed by atoms with Crippen molar-refractivity contribution in [3.63, 3.8) is 0 Å². The molecule has 3 N–H and O–H groups in total. The number of fused-ring (bicyclic) bond motifs is 1. The van der Waals surface area contributed by atoms with E-state index in [-0.39, 0.29) is 0 Å². The molecule has 0 aliphatic heterocycles. The second-order valence-electron chi connectivity index (χ2n) is 3.76. The molecule has 2 rings (SSSR count). The number of rotatable bonds is 2. The van der Waals surface area contributed by atoms with Crippen LogP contribution in [0.1, 0.15) is 36.1 Å². The van der Waals surface area contributed by atoms with Gasteiger partial charge in [0, 0.05) is 5.69 Å². The van der Waals surface area contributed by atoms with Crippen LogP contribution in [0.25, 0.3) is 0 Å². The lowest BCUT2D eigenvalue weighted by atomic mass is 10.0. The number of hydrogen-bond acceptors (Lipinski definition) is 4. The number of carbonyl (C=O) groups excluding carboxylic acids is 1. The van der Waals surface area contributed by atoms with Crippen LogP contribution in [0.4, 0.5) is 0 Å². The molecule has 1 atom stereocenters. The number of aromatic amines is 1. The molecule has 0 saturated heterocycles. The molecule has 1 aromatic heterocycles. The van der Waals surface area contributed by atoms with Crippen molar-refractivity contribution in [3.8, 4) is 0 Å². The number of nitrogens with two attached hydrogens (primary N) is 1. The molecular formula is C10H15N3O2. The molecule has 0 radical (unpaired) electrons. The predicted molar refractivity (Wildman–Crippen MR) is 54.2 cm³/mol. The highest BCUT2D eigenvalue weighted by Crippen LogP contribution is 2.20. The number of nitrogens with one attached hydrogen (secondary N) is 1. The van der Waals surface area contributed by atoms with Crippen molar-refractivity contribution in [2.75, 3.05) is 7.11 Å². The standard InChI is InChI=1S/C10H15N3O2/c1-15-10(14)8(11)9-12-6-4-2-3-5-7(6)13-9/h8H,2-5,11H2,1H3,(H,12,13). The number of methoxy groups -OCH3 is 1. The van der Waals surface area contributed by atoms with Crippen molar-refractivity contribution in [1.82, 2.24) is 9.97 Å². The van der Waals surface area contributed by atoms with E-state index in [0.29, 0.717) is 5.82 Å². The third-order valence-corrected chi connectivity index (χ3v) is 2.72. The molecule has 1 aliphatic carbocycles. The maximum atomic E-state index is 11.2. The maximum Gasteiger partial charge on any atom is 0.330 e. The highest BCUT2D eigenvalue weighted by molar-refractivity contribution is 5.76. The lowest BCUT2D eigenvalue weighted by Crippen LogP contribution is -2.23. The van der Waals surface area contributed by atoms with Gasteiger partial charge in [-0.15, -0.1) is 0 Å². The minimum absolute atomic E-state index is 0.457. The molecular weight excluding hydrogens is 194 g/mol. The number of nitrogens with zero attached hydrogens (tertiary/aromatic N) is 1. The zero-order valence-electron chi connectivity index (χ0n) is 8.75. The first-order valence-corrected chi connectivity index (χ1v) is 5.13. The zero-order valence-corrected chi connectivity index (χ0v) is 8.75. The second kappa shape index (κ2) is 4.02. The third-order valence-electron chi connectivity index (χ3n) is 2.72. The number of hydrogen-bond donors (Lipinski definition) is 2. The summed E-state index contributed by atoms with van der Waals surface area (Å²) in [6.07, 6.45) is 4.29. The molecule has 0 fully saturated rings. The Kier molecular flexibility index (Phi) is 2.73. The van der Waals surface area contributed by atoms with Crippen LogP contribution >= 0.6 is 0 Å². The molecule has 0 bridgehead atoms. The quantitative estimate of drug-likeness (QED) is 0.693. The lowest BCUT2D eigenvalue weighted by molar-refractivity contribution is -0.142. The smallest absolute Gasteiger partial charge is 0.330 e. The van der Waals surface area contributed by atoms with Gasteiger partial charge < -0.3 is 15.5 Å². The van der Waals surface area contributed by atoms with Gasteiger partial charge in [0.1, 0.15) is 5.82 Å². The first-order chi connectivity index (χ1) is 7.22. The Hall–Kier alpha value is -1.36. The molecule has 0 amide bonds. The van der Waals surface area contributed by atoms with E-state index in [0.717, 1.165) is 30.7 Å². The van der Waals surface area contributed by atoms with Crippen LogP contribution in [-0.2, 0) is 22.4 Å². The molecule has 1 aliphatic rings. The van der Waals surface area contributed by atoms with Crippen molar-refractivity contribution >= 4 is 5.97 Å². The van der Waals surface area contributed by atoms with Gasteiger partial charge in [0.15, 0.2) is 6.04 Å². The number of aromatic nitrogens is 2. The Morgan fingerprint density at radius 1 is 1.53 bits per heavy atom. The van der Waals surface area contributed by atoms with Crippen molar-refractivity contribution in [2.24, 2.45) is 5.73 Å². The van der Waals surface area contributed by atoms with Crippen LogP contribution in [0, 0.1) is 0 Å².